The van der Waals surface area contributed by atoms with Crippen molar-refractivity contribution in [2.24, 2.45) is 16.7 Å². The molecule has 0 bridgehead atoms. The molecule has 0 radical (unpaired) electrons. The maximum absolute atomic E-state index is 12.3. The van der Waals surface area contributed by atoms with Crippen molar-refractivity contribution in [1.29, 1.82) is 0 Å². The van der Waals surface area contributed by atoms with Crippen LogP contribution < -0.4 is 0 Å². The summed E-state index contributed by atoms with van der Waals surface area (Å²) < 4.78 is 40.1. The van der Waals surface area contributed by atoms with Crippen molar-refractivity contribution in [3.63, 3.8) is 0 Å². The van der Waals surface area contributed by atoms with Crippen molar-refractivity contribution >= 4 is 12.4 Å². The standard InChI is InChI=1S/C17H22N2O3.C5H7F3/c1-2-22-16(21)15-9-18(8-14-6-4-3-5-7-14)10-17(15)11-19(12-17)13-20;1-4(2-3-4)5(6,7)8/h3-7,13,15H,2,8-12H2,1H3;2-3H2,1H3. The average molecular weight is 426 g/mol. The van der Waals surface area contributed by atoms with Crippen LogP contribution in [0, 0.1) is 16.7 Å². The molecule has 0 N–H and O–H groups in total. The molecule has 1 saturated carbocycles. The van der Waals surface area contributed by atoms with Crippen LogP contribution in [0.4, 0.5) is 13.2 Å². The number of hydrogen-bond acceptors (Lipinski definition) is 4. The first-order chi connectivity index (χ1) is 14.1. The highest BCUT2D eigenvalue weighted by Crippen LogP contribution is 2.56. The van der Waals surface area contributed by atoms with E-state index in [-0.39, 0.29) is 17.3 Å². The van der Waals surface area contributed by atoms with E-state index in [0.29, 0.717) is 39.1 Å². The monoisotopic (exact) mass is 426 g/mol. The Hall–Kier alpha value is -2.09. The first-order valence-corrected chi connectivity index (χ1v) is 10.3. The predicted molar refractivity (Wildman–Crippen MR) is 105 cm³/mol. The summed E-state index contributed by atoms with van der Waals surface area (Å²) in [5.41, 5.74) is -0.191. The summed E-state index contributed by atoms with van der Waals surface area (Å²) in [6, 6.07) is 10.3. The molecule has 2 saturated heterocycles. The van der Waals surface area contributed by atoms with E-state index in [1.54, 1.807) is 4.90 Å². The van der Waals surface area contributed by atoms with Gasteiger partial charge in [-0.05, 0) is 25.3 Å². The van der Waals surface area contributed by atoms with E-state index < -0.39 is 11.6 Å². The Kier molecular flexibility index (Phi) is 6.45. The number of rotatable bonds is 5. The molecule has 8 heteroatoms. The van der Waals surface area contributed by atoms with Crippen molar-refractivity contribution in [3.8, 4) is 0 Å². The molecule has 3 fully saturated rings. The number of benzene rings is 1. The lowest BCUT2D eigenvalue weighted by atomic mass is 9.72. The van der Waals surface area contributed by atoms with Gasteiger partial charge in [-0.25, -0.2) is 0 Å². The van der Waals surface area contributed by atoms with Crippen LogP contribution in [0.3, 0.4) is 0 Å². The quantitative estimate of drug-likeness (QED) is 0.534. The second-order valence-electron chi connectivity index (χ2n) is 8.89. The highest BCUT2D eigenvalue weighted by molar-refractivity contribution is 5.75. The Morgan fingerprint density at radius 3 is 2.30 bits per heavy atom. The molecule has 1 aromatic carbocycles. The number of esters is 1. The van der Waals surface area contributed by atoms with Crippen LogP contribution in [0.15, 0.2) is 30.3 Å². The van der Waals surface area contributed by atoms with Gasteiger partial charge in [-0.2, -0.15) is 13.2 Å². The number of carbonyl (C=O) groups excluding carboxylic acids is 2. The molecule has 1 aliphatic carbocycles. The van der Waals surface area contributed by atoms with Crippen LogP contribution in [-0.4, -0.2) is 61.1 Å². The van der Waals surface area contributed by atoms with E-state index in [1.165, 1.54) is 12.5 Å². The van der Waals surface area contributed by atoms with Gasteiger partial charge in [-0.15, -0.1) is 0 Å². The van der Waals surface area contributed by atoms with Gasteiger partial charge in [0.1, 0.15) is 0 Å². The van der Waals surface area contributed by atoms with E-state index in [0.717, 1.165) is 19.5 Å². The molecule has 30 heavy (non-hydrogen) atoms. The Bertz CT molecular complexity index is 740. The predicted octanol–water partition coefficient (Wildman–Crippen LogP) is 3.49. The number of nitrogens with zero attached hydrogens (tertiary/aromatic N) is 2. The topological polar surface area (TPSA) is 49.9 Å². The maximum Gasteiger partial charge on any atom is 0.394 e. The minimum atomic E-state index is -3.95. The molecule has 1 amide bonds. The van der Waals surface area contributed by atoms with E-state index in [4.69, 9.17) is 4.74 Å². The molecule has 1 atom stereocenters. The number of likely N-dealkylation sites (tertiary alicyclic amines) is 2. The zero-order valence-corrected chi connectivity index (χ0v) is 17.5. The van der Waals surface area contributed by atoms with Gasteiger partial charge in [-0.3, -0.25) is 14.5 Å². The summed E-state index contributed by atoms with van der Waals surface area (Å²) in [6.07, 6.45) is -2.45. The number of alkyl halides is 3. The van der Waals surface area contributed by atoms with Gasteiger partial charge >= 0.3 is 12.1 Å². The molecule has 2 aliphatic heterocycles. The number of hydrogen-bond donors (Lipinski definition) is 0. The van der Waals surface area contributed by atoms with E-state index in [2.05, 4.69) is 17.0 Å². The second kappa shape index (κ2) is 8.57. The first kappa shape index (κ1) is 22.6. The Morgan fingerprint density at radius 2 is 1.83 bits per heavy atom. The molecular weight excluding hydrogens is 397 g/mol. The Balaban J connectivity index is 0.000000269. The molecule has 3 aliphatic rings. The van der Waals surface area contributed by atoms with E-state index in [9.17, 15) is 22.8 Å². The van der Waals surface area contributed by atoms with Crippen LogP contribution in [0.25, 0.3) is 0 Å². The van der Waals surface area contributed by atoms with Gasteiger partial charge in [0.25, 0.3) is 0 Å². The van der Waals surface area contributed by atoms with Gasteiger partial charge in [0.05, 0.1) is 17.9 Å². The highest BCUT2D eigenvalue weighted by atomic mass is 19.4. The molecule has 166 valence electrons. The summed E-state index contributed by atoms with van der Waals surface area (Å²) in [7, 11) is 0. The van der Waals surface area contributed by atoms with Crippen molar-refractivity contribution in [2.45, 2.75) is 39.4 Å². The van der Waals surface area contributed by atoms with Gasteiger partial charge < -0.3 is 9.64 Å². The number of amides is 1. The SMILES string of the molecule is CC1(C(F)(F)F)CC1.CCOC(=O)C1CN(Cc2ccccc2)CC12CN(C=O)C2. The summed E-state index contributed by atoms with van der Waals surface area (Å²) in [5.74, 6) is -0.254. The van der Waals surface area contributed by atoms with Crippen LogP contribution >= 0.6 is 0 Å². The molecule has 0 aromatic heterocycles. The Labute approximate surface area is 175 Å². The molecule has 1 unspecified atom stereocenters. The second-order valence-corrected chi connectivity index (χ2v) is 8.89. The molecule has 1 aromatic rings. The van der Waals surface area contributed by atoms with Crippen molar-refractivity contribution < 1.29 is 27.5 Å². The third kappa shape index (κ3) is 4.79. The first-order valence-electron chi connectivity index (χ1n) is 10.3. The fourth-order valence-electron chi connectivity index (χ4n) is 4.23. The van der Waals surface area contributed by atoms with Gasteiger partial charge in [0, 0.05) is 38.1 Å². The van der Waals surface area contributed by atoms with Gasteiger partial charge in [0.15, 0.2) is 0 Å². The molecule has 1 spiro atoms. The fraction of sp³-hybridized carbons (Fsp3) is 0.636. The average Bonchev–Trinajstić information content (AvgIpc) is 3.32. The van der Waals surface area contributed by atoms with Crippen molar-refractivity contribution in [2.75, 3.05) is 32.8 Å². The summed E-state index contributed by atoms with van der Waals surface area (Å²) in [5, 5.41) is 0. The third-order valence-corrected chi connectivity index (χ3v) is 6.41. The highest BCUT2D eigenvalue weighted by Gasteiger charge is 2.59. The zero-order valence-electron chi connectivity index (χ0n) is 17.5. The summed E-state index contributed by atoms with van der Waals surface area (Å²) in [4.78, 5) is 27.2. The molecule has 2 heterocycles. The summed E-state index contributed by atoms with van der Waals surface area (Å²) in [6.45, 7) is 7.19. The summed E-state index contributed by atoms with van der Waals surface area (Å²) >= 11 is 0. The minimum absolute atomic E-state index is 0.122. The molecule has 5 nitrogen and oxygen atoms in total. The fourth-order valence-corrected chi connectivity index (χ4v) is 4.23. The lowest BCUT2D eigenvalue weighted by Crippen LogP contribution is -2.61. The molecular formula is C22H29F3N2O3. The zero-order chi connectivity index (χ0) is 22.0. The van der Waals surface area contributed by atoms with E-state index in [1.807, 2.05) is 25.1 Å². The van der Waals surface area contributed by atoms with Gasteiger partial charge in [-0.1, -0.05) is 37.3 Å². The maximum atomic E-state index is 12.3. The Morgan fingerprint density at radius 1 is 1.20 bits per heavy atom. The smallest absolute Gasteiger partial charge is 0.394 e. The number of carbonyl (C=O) groups is 2. The molecule has 4 rings (SSSR count). The lowest BCUT2D eigenvalue weighted by molar-refractivity contribution is -0.181. The largest absolute Gasteiger partial charge is 0.466 e. The number of ether oxygens (including phenoxy) is 1. The third-order valence-electron chi connectivity index (χ3n) is 6.41. The van der Waals surface area contributed by atoms with Crippen LogP contribution in [-0.2, 0) is 20.9 Å². The van der Waals surface area contributed by atoms with Crippen molar-refractivity contribution in [1.82, 2.24) is 9.80 Å². The normalized spacial score (nSPS) is 23.9. The van der Waals surface area contributed by atoms with Crippen LogP contribution in [0.2, 0.25) is 0 Å². The minimum Gasteiger partial charge on any atom is -0.466 e. The number of halogens is 3. The van der Waals surface area contributed by atoms with E-state index >= 15 is 0 Å². The van der Waals surface area contributed by atoms with Gasteiger partial charge in [0.2, 0.25) is 6.41 Å². The van der Waals surface area contributed by atoms with Crippen LogP contribution in [0.5, 0.6) is 0 Å². The lowest BCUT2D eigenvalue weighted by Gasteiger charge is -2.48. The van der Waals surface area contributed by atoms with Crippen LogP contribution in [0.1, 0.15) is 32.3 Å². The van der Waals surface area contributed by atoms with Crippen molar-refractivity contribution in [3.05, 3.63) is 35.9 Å².